The van der Waals surface area contributed by atoms with Gasteiger partial charge in [-0.25, -0.2) is 0 Å². The number of hydrazone groups is 1. The maximum Gasteiger partial charge on any atom is 0.256 e. The molecule has 1 atom stereocenters. The van der Waals surface area contributed by atoms with E-state index >= 15 is 0 Å². The lowest BCUT2D eigenvalue weighted by Gasteiger charge is -2.36. The van der Waals surface area contributed by atoms with E-state index in [0.717, 1.165) is 57.5 Å². The van der Waals surface area contributed by atoms with Gasteiger partial charge in [-0.2, -0.15) is 5.10 Å². The van der Waals surface area contributed by atoms with Crippen molar-refractivity contribution >= 4 is 18.0 Å². The molecule has 1 unspecified atom stereocenters. The number of ether oxygens (including phenoxy) is 2. The maximum absolute atomic E-state index is 13.4. The van der Waals surface area contributed by atoms with Gasteiger partial charge in [0.2, 0.25) is 5.91 Å². The van der Waals surface area contributed by atoms with Crippen molar-refractivity contribution in [1.29, 1.82) is 0 Å². The quantitative estimate of drug-likeness (QED) is 0.266. The fourth-order valence-corrected chi connectivity index (χ4v) is 5.38. The lowest BCUT2D eigenvalue weighted by Crippen LogP contribution is -2.50. The zero-order chi connectivity index (χ0) is 27.5. The summed E-state index contributed by atoms with van der Waals surface area (Å²) in [6, 6.07) is 0.350. The van der Waals surface area contributed by atoms with Gasteiger partial charge in [0, 0.05) is 64.3 Å². The molecule has 0 aromatic heterocycles. The molecule has 2 amide bonds. The average Bonchev–Trinajstić information content (AvgIpc) is 3.00. The normalized spacial score (nSPS) is 24.4. The second-order valence-corrected chi connectivity index (χ2v) is 10.5. The van der Waals surface area contributed by atoms with E-state index in [0.29, 0.717) is 42.7 Å². The van der Waals surface area contributed by atoms with Crippen LogP contribution >= 0.6 is 0 Å². The number of rotatable bonds is 10. The second kappa shape index (κ2) is 15.1. The number of piperazine rings is 1. The van der Waals surface area contributed by atoms with Crippen molar-refractivity contribution in [3.63, 3.8) is 0 Å². The molecule has 1 saturated carbocycles. The lowest BCUT2D eigenvalue weighted by molar-refractivity contribution is -0.136. The smallest absolute Gasteiger partial charge is 0.256 e. The van der Waals surface area contributed by atoms with Gasteiger partial charge in [-0.15, -0.1) is 0 Å². The van der Waals surface area contributed by atoms with Crippen molar-refractivity contribution in [2.75, 3.05) is 60.1 Å². The van der Waals surface area contributed by atoms with Crippen LogP contribution in [0.4, 0.5) is 0 Å². The minimum absolute atomic E-state index is 0.0410. The summed E-state index contributed by atoms with van der Waals surface area (Å²) in [5, 5.41) is 9.82. The number of carbonyl (C=O) groups is 2. The number of amides is 2. The van der Waals surface area contributed by atoms with Crippen molar-refractivity contribution in [3.05, 3.63) is 35.3 Å². The van der Waals surface area contributed by atoms with Gasteiger partial charge >= 0.3 is 0 Å². The average molecular weight is 530 g/mol. The minimum atomic E-state index is -0.468. The van der Waals surface area contributed by atoms with E-state index in [-0.39, 0.29) is 11.8 Å². The SMILES string of the molecule is C=C1/C=N\N(C2CCCCC2)C/C(CC)=C(/C=C(/OC)C(C)C(=O)N2CCN(CCCOC)CC2)NC1=O. The number of nitrogens with one attached hydrogen (secondary N) is 1. The first-order chi connectivity index (χ1) is 18.4. The van der Waals surface area contributed by atoms with Crippen LogP contribution in [0.5, 0.6) is 0 Å². The Morgan fingerprint density at radius 3 is 2.55 bits per heavy atom. The summed E-state index contributed by atoms with van der Waals surface area (Å²) in [6.45, 7) is 13.3. The maximum atomic E-state index is 13.4. The highest BCUT2D eigenvalue weighted by Crippen LogP contribution is 2.26. The van der Waals surface area contributed by atoms with E-state index in [4.69, 9.17) is 9.47 Å². The van der Waals surface area contributed by atoms with E-state index in [1.807, 2.05) is 17.9 Å². The number of carbonyl (C=O) groups excluding carboxylic acids is 2. The summed E-state index contributed by atoms with van der Waals surface area (Å²) in [5.74, 6) is -0.187. The van der Waals surface area contributed by atoms with Gasteiger partial charge in [0.05, 0.1) is 31.4 Å². The van der Waals surface area contributed by atoms with E-state index in [2.05, 4.69) is 33.8 Å². The summed E-state index contributed by atoms with van der Waals surface area (Å²) >= 11 is 0. The molecular weight excluding hydrogens is 482 g/mol. The molecule has 3 rings (SSSR count). The molecule has 0 aromatic carbocycles. The molecule has 0 spiro atoms. The molecule has 1 saturated heterocycles. The Bertz CT molecular complexity index is 914. The zero-order valence-corrected chi connectivity index (χ0v) is 23.8. The Kier molecular flexibility index (Phi) is 11.9. The molecule has 0 radical (unpaired) electrons. The van der Waals surface area contributed by atoms with Crippen molar-refractivity contribution < 1.29 is 19.1 Å². The Hall–Kier alpha value is -2.65. The number of methoxy groups -OCH3 is 2. The highest BCUT2D eigenvalue weighted by atomic mass is 16.5. The summed E-state index contributed by atoms with van der Waals surface area (Å²) < 4.78 is 10.9. The molecule has 2 aliphatic heterocycles. The molecule has 2 heterocycles. The van der Waals surface area contributed by atoms with Gasteiger partial charge in [-0.3, -0.25) is 19.5 Å². The Morgan fingerprint density at radius 1 is 1.21 bits per heavy atom. The molecule has 3 aliphatic rings. The number of nitrogens with zero attached hydrogens (tertiary/aromatic N) is 4. The van der Waals surface area contributed by atoms with Crippen LogP contribution in [0, 0.1) is 5.92 Å². The van der Waals surface area contributed by atoms with Crippen LogP contribution in [-0.4, -0.2) is 99.0 Å². The predicted molar refractivity (Wildman–Crippen MR) is 150 cm³/mol. The van der Waals surface area contributed by atoms with Crippen LogP contribution in [0.2, 0.25) is 0 Å². The Labute approximate surface area is 228 Å². The first-order valence-electron chi connectivity index (χ1n) is 14.2. The van der Waals surface area contributed by atoms with Crippen LogP contribution in [0.15, 0.2) is 40.4 Å². The molecule has 9 nitrogen and oxygen atoms in total. The van der Waals surface area contributed by atoms with Gasteiger partial charge in [0.1, 0.15) is 5.76 Å². The number of allylic oxidation sites excluding steroid dienone is 1. The predicted octanol–water partition coefficient (Wildman–Crippen LogP) is 3.30. The molecular formula is C29H47N5O4. The van der Waals surface area contributed by atoms with E-state index in [1.165, 1.54) is 19.3 Å². The van der Waals surface area contributed by atoms with Crippen LogP contribution < -0.4 is 5.32 Å². The summed E-state index contributed by atoms with van der Waals surface area (Å²) in [6.07, 6.45) is 11.0. The third-order valence-electron chi connectivity index (χ3n) is 7.88. The Morgan fingerprint density at radius 2 is 1.92 bits per heavy atom. The van der Waals surface area contributed by atoms with Crippen molar-refractivity contribution in [2.24, 2.45) is 11.0 Å². The van der Waals surface area contributed by atoms with Crippen LogP contribution in [0.3, 0.4) is 0 Å². The first-order valence-corrected chi connectivity index (χ1v) is 14.2. The van der Waals surface area contributed by atoms with Crippen LogP contribution in [-0.2, 0) is 19.1 Å². The van der Waals surface area contributed by atoms with Gasteiger partial charge in [-0.1, -0.05) is 32.8 Å². The van der Waals surface area contributed by atoms with Gasteiger partial charge in [0.25, 0.3) is 5.91 Å². The summed E-state index contributed by atoms with van der Waals surface area (Å²) in [7, 11) is 3.31. The van der Waals surface area contributed by atoms with E-state index < -0.39 is 5.92 Å². The molecule has 0 aromatic rings. The zero-order valence-electron chi connectivity index (χ0n) is 23.8. The monoisotopic (exact) mass is 529 g/mol. The fourth-order valence-electron chi connectivity index (χ4n) is 5.38. The van der Waals surface area contributed by atoms with Gasteiger partial charge in [0.15, 0.2) is 0 Å². The van der Waals surface area contributed by atoms with Crippen molar-refractivity contribution in [2.45, 2.75) is 64.8 Å². The molecule has 1 N–H and O–H groups in total. The summed E-state index contributed by atoms with van der Waals surface area (Å²) in [4.78, 5) is 30.6. The molecule has 212 valence electrons. The molecule has 0 bridgehead atoms. The molecule has 1 aliphatic carbocycles. The minimum Gasteiger partial charge on any atom is -0.500 e. The van der Waals surface area contributed by atoms with Crippen molar-refractivity contribution in [3.8, 4) is 0 Å². The van der Waals surface area contributed by atoms with E-state index in [1.54, 1.807) is 20.4 Å². The molecule has 2 fully saturated rings. The van der Waals surface area contributed by atoms with Crippen LogP contribution in [0.1, 0.15) is 58.8 Å². The fraction of sp³-hybridized carbons (Fsp3) is 0.690. The lowest BCUT2D eigenvalue weighted by atomic mass is 9.94. The van der Waals surface area contributed by atoms with Crippen molar-refractivity contribution in [1.82, 2.24) is 20.1 Å². The standard InChI is InChI=1S/C29H47N5O4/c1-6-24-21-34(25-11-8-7-9-12-25)30-20-22(2)28(35)31-26(24)19-27(38-5)23(3)29(36)33-16-14-32(15-17-33)13-10-18-37-4/h19-20,23,25H,2,6-18,21H2,1,3-5H3,(H,31,35)/b26-24-,27-19+,30-20-. The third kappa shape index (κ3) is 8.17. The second-order valence-electron chi connectivity index (χ2n) is 10.5. The third-order valence-corrected chi connectivity index (χ3v) is 7.88. The molecule has 9 heteroatoms. The largest absolute Gasteiger partial charge is 0.500 e. The number of hydrogen-bond donors (Lipinski definition) is 1. The topological polar surface area (TPSA) is 86.7 Å². The summed E-state index contributed by atoms with van der Waals surface area (Å²) in [5.41, 5.74) is 2.03. The number of hydrogen-bond acceptors (Lipinski definition) is 7. The highest BCUT2D eigenvalue weighted by Gasteiger charge is 2.29. The van der Waals surface area contributed by atoms with Gasteiger partial charge < -0.3 is 19.7 Å². The highest BCUT2D eigenvalue weighted by molar-refractivity contribution is 6.12. The molecule has 38 heavy (non-hydrogen) atoms. The van der Waals surface area contributed by atoms with Crippen LogP contribution in [0.25, 0.3) is 0 Å². The van der Waals surface area contributed by atoms with Gasteiger partial charge in [-0.05, 0) is 38.2 Å². The van der Waals surface area contributed by atoms with E-state index in [9.17, 15) is 9.59 Å². The Balaban J connectivity index is 1.78. The first kappa shape index (κ1) is 29.9.